The minimum atomic E-state index is -3.68. The van der Waals surface area contributed by atoms with E-state index in [0.717, 1.165) is 0 Å². The monoisotopic (exact) mass is 434 g/mol. The van der Waals surface area contributed by atoms with E-state index < -0.39 is 16.1 Å². The summed E-state index contributed by atoms with van der Waals surface area (Å²) in [4.78, 5) is 11.3. The van der Waals surface area contributed by atoms with Crippen molar-refractivity contribution in [2.45, 2.75) is 13.0 Å². The maximum Gasteiger partial charge on any atom is 0.411 e. The number of rotatable bonds is 8. The van der Waals surface area contributed by atoms with Gasteiger partial charge in [-0.15, -0.1) is 0 Å². The molecule has 28 heavy (non-hydrogen) atoms. The molecule has 1 amide bonds. The number of carbonyl (C=O) groups is 1. The van der Waals surface area contributed by atoms with Crippen molar-refractivity contribution < 1.29 is 44.8 Å². The highest BCUT2D eigenvalue weighted by Crippen LogP contribution is 2.36. The van der Waals surface area contributed by atoms with Crippen molar-refractivity contribution in [1.29, 1.82) is 0 Å². The lowest BCUT2D eigenvalue weighted by atomic mass is 10.2. The van der Waals surface area contributed by atoms with E-state index in [-0.39, 0.29) is 41.0 Å². The van der Waals surface area contributed by atoms with Crippen LogP contribution in [0.5, 0.6) is 11.5 Å². The highest BCUT2D eigenvalue weighted by atomic mass is 35.5. The van der Waals surface area contributed by atoms with Crippen LogP contribution in [0.25, 0.3) is 0 Å². The largest absolute Gasteiger partial charge is 1.00 e. The van der Waals surface area contributed by atoms with Crippen molar-refractivity contribution in [1.82, 2.24) is 4.57 Å². The molecular weight excluding hydrogens is 412 g/mol. The van der Waals surface area contributed by atoms with E-state index in [2.05, 4.69) is 14.8 Å². The first-order valence-electron chi connectivity index (χ1n) is 8.01. The Bertz CT molecular complexity index is 916. The average Bonchev–Trinajstić information content (AvgIpc) is 3.02. The van der Waals surface area contributed by atoms with E-state index in [9.17, 15) is 18.3 Å². The number of methoxy groups -OCH3 is 2. The van der Waals surface area contributed by atoms with Crippen molar-refractivity contribution in [3.63, 3.8) is 0 Å². The first kappa shape index (κ1) is 23.4. The van der Waals surface area contributed by atoms with Crippen molar-refractivity contribution in [3.8, 4) is 11.5 Å². The molecule has 0 aliphatic heterocycles. The normalized spacial score (nSPS) is 10.7. The number of amides is 1. The lowest BCUT2D eigenvalue weighted by Gasteiger charge is -2.14. The second kappa shape index (κ2) is 10.0. The molecule has 12 heteroatoms. The minimum Gasteiger partial charge on any atom is -1.00 e. The van der Waals surface area contributed by atoms with Gasteiger partial charge in [-0.1, -0.05) is 0 Å². The molecule has 0 spiro atoms. The quantitative estimate of drug-likeness (QED) is 0.327. The zero-order chi connectivity index (χ0) is 20.0. The number of nitrogens with one attached hydrogen (secondary N) is 2. The van der Waals surface area contributed by atoms with Crippen molar-refractivity contribution in [2.24, 2.45) is 7.05 Å². The Balaban J connectivity index is 0.00000392. The molecule has 0 radical (unpaired) electrons. The Kier molecular flexibility index (Phi) is 8.38. The number of imidazole rings is 1. The molecule has 0 saturated carbocycles. The fraction of sp³-hybridized carbons (Fsp3) is 0.375. The maximum atomic E-state index is 12.3. The number of hydrogen-bond donors (Lipinski definition) is 3. The number of aromatic nitrogens is 2. The number of ether oxygens (including phenoxy) is 2. The molecular formula is C16H23ClN4O6S. The van der Waals surface area contributed by atoms with Gasteiger partial charge in [0.15, 0.2) is 0 Å². The number of phenols is 1. The van der Waals surface area contributed by atoms with E-state index in [4.69, 9.17) is 4.74 Å². The topological polar surface area (TPSA) is 123 Å². The third kappa shape index (κ3) is 6.50. The fourth-order valence-corrected chi connectivity index (χ4v) is 3.48. The zero-order valence-electron chi connectivity index (χ0n) is 15.7. The first-order chi connectivity index (χ1) is 12.7. The van der Waals surface area contributed by atoms with Crippen LogP contribution in [0.1, 0.15) is 6.42 Å². The van der Waals surface area contributed by atoms with Crippen LogP contribution >= 0.6 is 0 Å². The van der Waals surface area contributed by atoms with Crippen LogP contribution in [0.15, 0.2) is 30.9 Å². The van der Waals surface area contributed by atoms with E-state index in [1.54, 1.807) is 0 Å². The Morgan fingerprint density at radius 3 is 2.57 bits per heavy atom. The Morgan fingerprint density at radius 2 is 2.00 bits per heavy atom. The van der Waals surface area contributed by atoms with Gasteiger partial charge >= 0.3 is 6.09 Å². The van der Waals surface area contributed by atoms with Crippen LogP contribution in [0.4, 0.5) is 16.2 Å². The standard InChI is InChI=1S/C16H22N4O6S.ClH/c1-19-6-7-20(11-19)5-4-8-27(23,24)18-12-10-15(25-2)13(9-14(12)21)17-16(22)26-3;/h6-7,9-11,18H,4-5,8H2,1-3H3,(H-,17,21,22);1H. The van der Waals surface area contributed by atoms with E-state index in [1.807, 2.05) is 34.9 Å². The van der Waals surface area contributed by atoms with Gasteiger partial charge in [-0.3, -0.25) is 10.0 Å². The van der Waals surface area contributed by atoms with Gasteiger partial charge < -0.3 is 27.0 Å². The molecule has 0 bridgehead atoms. The van der Waals surface area contributed by atoms with E-state index >= 15 is 0 Å². The number of phenolic OH excluding ortho intramolecular Hbond substituents is 1. The highest BCUT2D eigenvalue weighted by Gasteiger charge is 2.18. The molecule has 156 valence electrons. The summed E-state index contributed by atoms with van der Waals surface area (Å²) in [5.41, 5.74) is 0.0971. The fourth-order valence-electron chi connectivity index (χ4n) is 2.37. The number of nitrogens with zero attached hydrogens (tertiary/aromatic N) is 2. The molecule has 10 nitrogen and oxygen atoms in total. The number of aryl methyl sites for hydroxylation is 2. The third-order valence-electron chi connectivity index (χ3n) is 3.66. The number of halogens is 1. The van der Waals surface area contributed by atoms with Crippen LogP contribution in [0, 0.1) is 0 Å². The molecule has 0 aliphatic rings. The third-order valence-corrected chi connectivity index (χ3v) is 5.02. The summed E-state index contributed by atoms with van der Waals surface area (Å²) in [5.74, 6) is -0.322. The summed E-state index contributed by atoms with van der Waals surface area (Å²) in [6.07, 6.45) is 5.21. The average molecular weight is 435 g/mol. The maximum absolute atomic E-state index is 12.3. The van der Waals surface area contributed by atoms with Gasteiger partial charge in [0, 0.05) is 18.6 Å². The zero-order valence-corrected chi connectivity index (χ0v) is 17.2. The Morgan fingerprint density at radius 1 is 1.29 bits per heavy atom. The van der Waals surface area contributed by atoms with Gasteiger partial charge in [0.05, 0.1) is 44.9 Å². The molecule has 0 saturated heterocycles. The SMILES string of the molecule is COC(=O)Nc1cc(O)c(NS(=O)(=O)CCCn2cc[n+](C)c2)cc1OC.[Cl-]. The summed E-state index contributed by atoms with van der Waals surface area (Å²) in [6, 6.07) is 2.46. The second-order valence-corrected chi connectivity index (χ2v) is 7.62. The smallest absolute Gasteiger partial charge is 0.411 e. The molecule has 3 N–H and O–H groups in total. The van der Waals surface area contributed by atoms with Crippen molar-refractivity contribution >= 4 is 27.5 Å². The second-order valence-electron chi connectivity index (χ2n) is 5.78. The van der Waals surface area contributed by atoms with Crippen LogP contribution in [-0.4, -0.2) is 44.2 Å². The number of anilines is 2. The summed E-state index contributed by atoms with van der Waals surface area (Å²) in [5, 5.41) is 12.5. The van der Waals surface area contributed by atoms with Gasteiger partial charge in [0.25, 0.3) is 0 Å². The van der Waals surface area contributed by atoms with Gasteiger partial charge in [0.1, 0.15) is 23.9 Å². The number of hydrogen-bond acceptors (Lipinski definition) is 6. The Hall–Kier alpha value is -2.66. The molecule has 1 aromatic carbocycles. The molecule has 0 fully saturated rings. The van der Waals surface area contributed by atoms with Gasteiger partial charge in [-0.25, -0.2) is 22.3 Å². The molecule has 1 aromatic heterocycles. The number of sulfonamides is 1. The first-order valence-corrected chi connectivity index (χ1v) is 9.67. The van der Waals surface area contributed by atoms with Gasteiger partial charge in [-0.2, -0.15) is 0 Å². The number of aromatic hydroxyl groups is 1. The number of benzene rings is 1. The van der Waals surface area contributed by atoms with Gasteiger partial charge in [-0.05, 0) is 0 Å². The summed E-state index contributed by atoms with van der Waals surface area (Å²) >= 11 is 0. The summed E-state index contributed by atoms with van der Waals surface area (Å²) < 4.78 is 40.3. The van der Waals surface area contributed by atoms with Crippen LogP contribution < -0.4 is 31.7 Å². The van der Waals surface area contributed by atoms with Crippen molar-refractivity contribution in [3.05, 3.63) is 30.9 Å². The summed E-state index contributed by atoms with van der Waals surface area (Å²) in [6.45, 7) is 0.541. The lowest BCUT2D eigenvalue weighted by Crippen LogP contribution is -3.00. The molecule has 0 unspecified atom stereocenters. The molecule has 2 aromatic rings. The van der Waals surface area contributed by atoms with Crippen molar-refractivity contribution in [2.75, 3.05) is 30.0 Å². The van der Waals surface area contributed by atoms with Crippen LogP contribution in [0.3, 0.4) is 0 Å². The molecule has 0 aliphatic carbocycles. The minimum absolute atomic E-state index is 0. The lowest BCUT2D eigenvalue weighted by molar-refractivity contribution is -0.671. The Labute approximate surface area is 169 Å². The molecule has 0 atom stereocenters. The van der Waals surface area contributed by atoms with Gasteiger partial charge in [0.2, 0.25) is 16.4 Å². The highest BCUT2D eigenvalue weighted by molar-refractivity contribution is 7.92. The van der Waals surface area contributed by atoms with Crippen LogP contribution in [0.2, 0.25) is 0 Å². The predicted octanol–water partition coefficient (Wildman–Crippen LogP) is -1.96. The number of carbonyl (C=O) groups excluding carboxylic acids is 1. The van der Waals surface area contributed by atoms with E-state index in [0.29, 0.717) is 13.0 Å². The van der Waals surface area contributed by atoms with E-state index in [1.165, 1.54) is 26.4 Å². The van der Waals surface area contributed by atoms with Crippen LogP contribution in [-0.2, 0) is 28.4 Å². The summed E-state index contributed by atoms with van der Waals surface area (Å²) in [7, 11) is 0.739. The molecule has 1 heterocycles. The molecule has 2 rings (SSSR count). The predicted molar refractivity (Wildman–Crippen MR) is 98.3 cm³/mol.